The van der Waals surface area contributed by atoms with Gasteiger partial charge in [-0.1, -0.05) is 12.1 Å². The lowest BCUT2D eigenvalue weighted by molar-refractivity contribution is -0.145. The zero-order valence-electron chi connectivity index (χ0n) is 16.1. The van der Waals surface area contributed by atoms with Gasteiger partial charge in [0.1, 0.15) is 12.2 Å². The summed E-state index contributed by atoms with van der Waals surface area (Å²) in [5.74, 6) is -0.790. The maximum Gasteiger partial charge on any atom is 0.341 e. The number of furan rings is 1. The van der Waals surface area contributed by atoms with E-state index < -0.39 is 22.0 Å². The van der Waals surface area contributed by atoms with Crippen LogP contribution in [0.3, 0.4) is 0 Å². The lowest BCUT2D eigenvalue weighted by atomic mass is 10.1. The van der Waals surface area contributed by atoms with E-state index in [0.29, 0.717) is 19.5 Å². The fourth-order valence-corrected chi connectivity index (χ4v) is 4.63. The number of sulfonamides is 1. The Balaban J connectivity index is 1.50. The molecule has 0 spiro atoms. The average molecular weight is 421 g/mol. The number of hydrogen-bond acceptors (Lipinski definition) is 7. The highest BCUT2D eigenvalue weighted by Crippen LogP contribution is 2.21. The van der Waals surface area contributed by atoms with Gasteiger partial charge in [-0.05, 0) is 43.0 Å². The van der Waals surface area contributed by atoms with Gasteiger partial charge >= 0.3 is 11.9 Å². The molecule has 156 valence electrons. The molecule has 8 nitrogen and oxygen atoms in total. The summed E-state index contributed by atoms with van der Waals surface area (Å²) in [6, 6.07) is 8.00. The average Bonchev–Trinajstić information content (AvgIpc) is 3.42. The molecule has 0 aliphatic carbocycles. The van der Waals surface area contributed by atoms with E-state index in [1.54, 1.807) is 24.3 Å². The molecule has 0 saturated carbocycles. The van der Waals surface area contributed by atoms with Crippen LogP contribution in [-0.2, 0) is 37.3 Å². The molecule has 0 radical (unpaired) electrons. The van der Waals surface area contributed by atoms with Crippen molar-refractivity contribution < 1.29 is 31.9 Å². The molecule has 1 aromatic carbocycles. The molecule has 0 atom stereocenters. The topological polar surface area (TPSA) is 103 Å². The summed E-state index contributed by atoms with van der Waals surface area (Å²) in [6.07, 6.45) is 3.63. The number of aryl methyl sites for hydroxylation is 1. The Morgan fingerprint density at radius 1 is 1.10 bits per heavy atom. The summed E-state index contributed by atoms with van der Waals surface area (Å²) in [5.41, 5.74) is 1.05. The van der Waals surface area contributed by atoms with Crippen LogP contribution in [0.4, 0.5) is 0 Å². The Labute approximate surface area is 169 Å². The van der Waals surface area contributed by atoms with Crippen LogP contribution in [0, 0.1) is 0 Å². The standard InChI is InChI=1S/C20H23NO7S/c1-26-20(23)17-10-13-27-18(17)14-28-19(22)9-6-15-4-7-16(8-5-15)29(24,25)21-11-2-3-12-21/h4-5,7-8,10,13H,2-3,6,9,11-12,14H2,1H3. The van der Waals surface area contributed by atoms with Crippen LogP contribution >= 0.6 is 0 Å². The molecule has 0 unspecified atom stereocenters. The third-order valence-electron chi connectivity index (χ3n) is 4.76. The zero-order chi connectivity index (χ0) is 20.9. The van der Waals surface area contributed by atoms with Crippen molar-refractivity contribution in [2.24, 2.45) is 0 Å². The van der Waals surface area contributed by atoms with Gasteiger partial charge in [-0.25, -0.2) is 13.2 Å². The van der Waals surface area contributed by atoms with Crippen LogP contribution in [-0.4, -0.2) is 44.9 Å². The summed E-state index contributed by atoms with van der Waals surface area (Å²) in [4.78, 5) is 23.8. The Bertz CT molecular complexity index is 957. The smallest absolute Gasteiger partial charge is 0.341 e. The molecule has 2 aromatic rings. The van der Waals surface area contributed by atoms with E-state index in [1.165, 1.54) is 23.7 Å². The first-order valence-corrected chi connectivity index (χ1v) is 10.7. The Morgan fingerprint density at radius 2 is 1.79 bits per heavy atom. The maximum absolute atomic E-state index is 12.5. The lowest BCUT2D eigenvalue weighted by Crippen LogP contribution is -2.27. The summed E-state index contributed by atoms with van der Waals surface area (Å²) < 4.78 is 41.5. The zero-order valence-corrected chi connectivity index (χ0v) is 16.9. The third-order valence-corrected chi connectivity index (χ3v) is 6.67. The van der Waals surface area contributed by atoms with E-state index >= 15 is 0 Å². The molecule has 2 heterocycles. The molecule has 0 N–H and O–H groups in total. The van der Waals surface area contributed by atoms with Crippen LogP contribution < -0.4 is 0 Å². The molecule has 1 aliphatic rings. The van der Waals surface area contributed by atoms with E-state index in [-0.39, 0.29) is 29.2 Å². The second-order valence-corrected chi connectivity index (χ2v) is 8.60. The first-order chi connectivity index (χ1) is 13.9. The van der Waals surface area contributed by atoms with Crippen molar-refractivity contribution in [1.29, 1.82) is 0 Å². The Hall–Kier alpha value is -2.65. The summed E-state index contributed by atoms with van der Waals surface area (Å²) in [6.45, 7) is 0.954. The van der Waals surface area contributed by atoms with Crippen molar-refractivity contribution >= 4 is 22.0 Å². The van der Waals surface area contributed by atoms with Gasteiger partial charge in [0.05, 0.1) is 18.3 Å². The summed E-state index contributed by atoms with van der Waals surface area (Å²) >= 11 is 0. The highest BCUT2D eigenvalue weighted by Gasteiger charge is 2.26. The number of methoxy groups -OCH3 is 1. The molecule has 1 fully saturated rings. The van der Waals surface area contributed by atoms with Crippen LogP contribution in [0.2, 0.25) is 0 Å². The number of benzene rings is 1. The van der Waals surface area contributed by atoms with Crippen LogP contribution in [0.5, 0.6) is 0 Å². The number of carbonyl (C=O) groups is 2. The highest BCUT2D eigenvalue weighted by atomic mass is 32.2. The molecule has 3 rings (SSSR count). The second-order valence-electron chi connectivity index (χ2n) is 6.66. The van der Waals surface area contributed by atoms with Crippen LogP contribution in [0.15, 0.2) is 45.9 Å². The van der Waals surface area contributed by atoms with Gasteiger partial charge in [-0.2, -0.15) is 4.31 Å². The molecule has 9 heteroatoms. The van der Waals surface area contributed by atoms with Gasteiger partial charge < -0.3 is 13.9 Å². The Kier molecular flexibility index (Phi) is 6.71. The minimum absolute atomic E-state index is 0.118. The van der Waals surface area contributed by atoms with Crippen molar-refractivity contribution in [2.75, 3.05) is 20.2 Å². The van der Waals surface area contributed by atoms with E-state index in [2.05, 4.69) is 4.74 Å². The minimum atomic E-state index is -3.44. The molecule has 0 amide bonds. The molecular weight excluding hydrogens is 398 g/mol. The van der Waals surface area contributed by atoms with E-state index in [9.17, 15) is 18.0 Å². The van der Waals surface area contributed by atoms with Crippen molar-refractivity contribution in [3.63, 3.8) is 0 Å². The van der Waals surface area contributed by atoms with Crippen molar-refractivity contribution in [1.82, 2.24) is 4.31 Å². The van der Waals surface area contributed by atoms with Gasteiger partial charge in [-0.3, -0.25) is 4.79 Å². The van der Waals surface area contributed by atoms with E-state index in [0.717, 1.165) is 18.4 Å². The van der Waals surface area contributed by atoms with E-state index in [1.807, 2.05) is 0 Å². The van der Waals surface area contributed by atoms with Gasteiger partial charge in [0.2, 0.25) is 10.0 Å². The first kappa shape index (κ1) is 21.1. The number of esters is 2. The first-order valence-electron chi connectivity index (χ1n) is 9.31. The Morgan fingerprint density at radius 3 is 2.45 bits per heavy atom. The van der Waals surface area contributed by atoms with E-state index in [4.69, 9.17) is 9.15 Å². The predicted molar refractivity (Wildman–Crippen MR) is 103 cm³/mol. The second kappa shape index (κ2) is 9.23. The van der Waals surface area contributed by atoms with Crippen LogP contribution in [0.1, 0.15) is 40.9 Å². The summed E-state index contributed by atoms with van der Waals surface area (Å²) in [5, 5.41) is 0. The SMILES string of the molecule is COC(=O)c1ccoc1COC(=O)CCc1ccc(S(=O)(=O)N2CCCC2)cc1. The summed E-state index contributed by atoms with van der Waals surface area (Å²) in [7, 11) is -2.18. The molecular formula is C20H23NO7S. The van der Waals surface area contributed by atoms with Crippen LogP contribution in [0.25, 0.3) is 0 Å². The highest BCUT2D eigenvalue weighted by molar-refractivity contribution is 7.89. The normalized spacial score (nSPS) is 14.7. The van der Waals surface area contributed by atoms with Gasteiger partial charge in [0.15, 0.2) is 5.76 Å². The fraction of sp³-hybridized carbons (Fsp3) is 0.400. The fourth-order valence-electron chi connectivity index (χ4n) is 3.11. The largest absolute Gasteiger partial charge is 0.465 e. The number of nitrogens with zero attached hydrogens (tertiary/aromatic N) is 1. The minimum Gasteiger partial charge on any atom is -0.465 e. The lowest BCUT2D eigenvalue weighted by Gasteiger charge is -2.15. The monoisotopic (exact) mass is 421 g/mol. The number of rotatable bonds is 8. The number of ether oxygens (including phenoxy) is 2. The predicted octanol–water partition coefficient (Wildman–Crippen LogP) is 2.53. The molecule has 1 saturated heterocycles. The quantitative estimate of drug-likeness (QED) is 0.603. The van der Waals surface area contributed by atoms with Gasteiger partial charge in [0.25, 0.3) is 0 Å². The maximum atomic E-state index is 12.5. The molecule has 1 aliphatic heterocycles. The number of carbonyl (C=O) groups excluding carboxylic acids is 2. The molecule has 0 bridgehead atoms. The van der Waals surface area contributed by atoms with Crippen molar-refractivity contribution in [3.8, 4) is 0 Å². The molecule has 29 heavy (non-hydrogen) atoms. The van der Waals surface area contributed by atoms with Gasteiger partial charge in [-0.15, -0.1) is 0 Å². The van der Waals surface area contributed by atoms with Gasteiger partial charge in [0, 0.05) is 19.5 Å². The van der Waals surface area contributed by atoms with Crippen molar-refractivity contribution in [2.45, 2.75) is 37.2 Å². The third kappa shape index (κ3) is 5.04. The number of hydrogen-bond donors (Lipinski definition) is 0. The molecule has 1 aromatic heterocycles. The van der Waals surface area contributed by atoms with Crippen molar-refractivity contribution in [3.05, 3.63) is 53.5 Å².